The summed E-state index contributed by atoms with van der Waals surface area (Å²) in [6.07, 6.45) is 6.74. The molecular formula is C12H17NO3. The largest absolute Gasteiger partial charge is 0.481 e. The predicted octanol–water partition coefficient (Wildman–Crippen LogP) is 1.30. The smallest absolute Gasteiger partial charge is 0.308 e. The number of rotatable bonds is 3. The first-order chi connectivity index (χ1) is 7.56. The van der Waals surface area contributed by atoms with E-state index in [9.17, 15) is 9.59 Å². The highest BCUT2D eigenvalue weighted by Gasteiger charge is 2.36. The maximum absolute atomic E-state index is 11.6. The van der Waals surface area contributed by atoms with Gasteiger partial charge in [0.05, 0.1) is 5.92 Å². The van der Waals surface area contributed by atoms with E-state index in [0.717, 1.165) is 0 Å². The Kier molecular flexibility index (Phi) is 4.28. The molecule has 2 atom stereocenters. The first-order valence-electron chi connectivity index (χ1n) is 5.37. The van der Waals surface area contributed by atoms with Crippen molar-refractivity contribution in [2.45, 2.75) is 13.8 Å². The van der Waals surface area contributed by atoms with Crippen LogP contribution < -0.4 is 0 Å². The number of aliphatic carboxylic acids is 1. The van der Waals surface area contributed by atoms with Gasteiger partial charge in [-0.15, -0.1) is 0 Å². The Morgan fingerprint density at radius 1 is 1.31 bits per heavy atom. The van der Waals surface area contributed by atoms with E-state index >= 15 is 0 Å². The quantitative estimate of drug-likeness (QED) is 0.579. The molecule has 4 nitrogen and oxygen atoms in total. The fraction of sp³-hybridized carbons (Fsp3) is 0.500. The number of carboxylic acids is 1. The topological polar surface area (TPSA) is 57.6 Å². The van der Waals surface area contributed by atoms with E-state index in [2.05, 4.69) is 0 Å². The highest BCUT2D eigenvalue weighted by Crippen LogP contribution is 2.23. The molecule has 0 aliphatic carbocycles. The minimum absolute atomic E-state index is 0.0246. The predicted molar refractivity (Wildman–Crippen MR) is 60.8 cm³/mol. The van der Waals surface area contributed by atoms with E-state index in [1.54, 1.807) is 17.1 Å². The van der Waals surface area contributed by atoms with Gasteiger partial charge in [0, 0.05) is 19.2 Å². The lowest BCUT2D eigenvalue weighted by Gasteiger charge is -2.12. The van der Waals surface area contributed by atoms with E-state index < -0.39 is 11.9 Å². The molecule has 1 fully saturated rings. The van der Waals surface area contributed by atoms with Gasteiger partial charge in [0.1, 0.15) is 0 Å². The van der Waals surface area contributed by atoms with Gasteiger partial charge < -0.3 is 10.0 Å². The van der Waals surface area contributed by atoms with E-state index in [1.165, 1.54) is 6.08 Å². The Labute approximate surface area is 95.2 Å². The van der Waals surface area contributed by atoms with Crippen LogP contribution in [0, 0.1) is 11.8 Å². The van der Waals surface area contributed by atoms with Crippen molar-refractivity contribution in [1.29, 1.82) is 0 Å². The summed E-state index contributed by atoms with van der Waals surface area (Å²) in [6, 6.07) is 0. The molecule has 1 amide bonds. The Hall–Kier alpha value is -1.58. The van der Waals surface area contributed by atoms with Crippen LogP contribution >= 0.6 is 0 Å². The third-order valence-corrected chi connectivity index (χ3v) is 2.78. The van der Waals surface area contributed by atoms with Gasteiger partial charge >= 0.3 is 5.97 Å². The fourth-order valence-electron chi connectivity index (χ4n) is 1.82. The van der Waals surface area contributed by atoms with Crippen molar-refractivity contribution >= 4 is 11.9 Å². The van der Waals surface area contributed by atoms with Gasteiger partial charge in [0.15, 0.2) is 0 Å². The lowest BCUT2D eigenvalue weighted by Crippen LogP contribution is -2.28. The molecule has 1 aliphatic heterocycles. The van der Waals surface area contributed by atoms with Crippen molar-refractivity contribution < 1.29 is 14.7 Å². The number of carbonyl (C=O) groups excluding carboxylic acids is 1. The summed E-state index contributed by atoms with van der Waals surface area (Å²) in [5.41, 5.74) is 0. The Bertz CT molecular complexity index is 333. The molecule has 0 spiro atoms. The van der Waals surface area contributed by atoms with E-state index in [1.807, 2.05) is 19.9 Å². The maximum Gasteiger partial charge on any atom is 0.308 e. The molecule has 0 bridgehead atoms. The third-order valence-electron chi connectivity index (χ3n) is 2.78. The Morgan fingerprint density at radius 3 is 2.50 bits per heavy atom. The lowest BCUT2D eigenvalue weighted by atomic mass is 9.99. The van der Waals surface area contributed by atoms with Crippen LogP contribution in [0.5, 0.6) is 0 Å². The van der Waals surface area contributed by atoms with Gasteiger partial charge in [-0.3, -0.25) is 9.59 Å². The van der Waals surface area contributed by atoms with E-state index in [0.29, 0.717) is 13.1 Å². The van der Waals surface area contributed by atoms with Crippen LogP contribution in [0.15, 0.2) is 24.3 Å². The molecular weight excluding hydrogens is 206 g/mol. The van der Waals surface area contributed by atoms with Crippen molar-refractivity contribution in [3.8, 4) is 0 Å². The molecule has 0 saturated carbocycles. The zero-order valence-electron chi connectivity index (χ0n) is 9.59. The monoisotopic (exact) mass is 223 g/mol. The summed E-state index contributed by atoms with van der Waals surface area (Å²) in [7, 11) is 0. The highest BCUT2D eigenvalue weighted by atomic mass is 16.4. The second-order valence-corrected chi connectivity index (χ2v) is 4.05. The second kappa shape index (κ2) is 5.49. The first-order valence-corrected chi connectivity index (χ1v) is 5.37. The van der Waals surface area contributed by atoms with Gasteiger partial charge in [0.25, 0.3) is 0 Å². The average Bonchev–Trinajstić information content (AvgIpc) is 2.60. The number of allylic oxidation sites excluding steroid dienone is 3. The number of carbonyl (C=O) groups is 2. The molecule has 1 saturated heterocycles. The number of amides is 1. The number of hydrogen-bond acceptors (Lipinski definition) is 2. The van der Waals surface area contributed by atoms with Gasteiger partial charge in [-0.25, -0.2) is 0 Å². The Balaban J connectivity index is 2.58. The van der Waals surface area contributed by atoms with Crippen LogP contribution in [0.1, 0.15) is 13.8 Å². The molecule has 88 valence electrons. The van der Waals surface area contributed by atoms with Crippen LogP contribution in [0.3, 0.4) is 0 Å². The summed E-state index contributed by atoms with van der Waals surface area (Å²) in [4.78, 5) is 24.1. The average molecular weight is 223 g/mol. The van der Waals surface area contributed by atoms with Crippen molar-refractivity contribution in [1.82, 2.24) is 4.90 Å². The number of likely N-dealkylation sites (tertiary alicyclic amines) is 1. The second-order valence-electron chi connectivity index (χ2n) is 4.05. The van der Waals surface area contributed by atoms with Crippen molar-refractivity contribution in [3.63, 3.8) is 0 Å². The van der Waals surface area contributed by atoms with E-state index in [4.69, 9.17) is 5.11 Å². The molecule has 0 radical (unpaired) electrons. The van der Waals surface area contributed by atoms with Crippen molar-refractivity contribution in [3.05, 3.63) is 24.3 Å². The molecule has 1 N–H and O–H groups in total. The van der Waals surface area contributed by atoms with Gasteiger partial charge in [-0.1, -0.05) is 25.2 Å². The molecule has 1 rings (SSSR count). The van der Waals surface area contributed by atoms with Crippen LogP contribution in [0.25, 0.3) is 0 Å². The molecule has 0 aromatic heterocycles. The number of nitrogens with zero attached hydrogens (tertiary/aromatic N) is 1. The molecule has 0 aromatic carbocycles. The molecule has 1 aliphatic rings. The Morgan fingerprint density at radius 2 is 2.00 bits per heavy atom. The first kappa shape index (κ1) is 12.5. The molecule has 1 heterocycles. The van der Waals surface area contributed by atoms with Gasteiger partial charge in [-0.05, 0) is 12.8 Å². The summed E-state index contributed by atoms with van der Waals surface area (Å²) >= 11 is 0. The van der Waals surface area contributed by atoms with Crippen molar-refractivity contribution in [2.24, 2.45) is 11.8 Å². The van der Waals surface area contributed by atoms with E-state index in [-0.39, 0.29) is 11.8 Å². The fourth-order valence-corrected chi connectivity index (χ4v) is 1.82. The van der Waals surface area contributed by atoms with Crippen LogP contribution in [0.4, 0.5) is 0 Å². The van der Waals surface area contributed by atoms with Crippen LogP contribution in [0.2, 0.25) is 0 Å². The van der Waals surface area contributed by atoms with Gasteiger partial charge in [-0.2, -0.15) is 0 Å². The van der Waals surface area contributed by atoms with Crippen molar-refractivity contribution in [2.75, 3.05) is 13.1 Å². The lowest BCUT2D eigenvalue weighted by molar-refractivity contribution is -0.142. The van der Waals surface area contributed by atoms with Crippen LogP contribution in [-0.2, 0) is 9.59 Å². The third kappa shape index (κ3) is 2.95. The highest BCUT2D eigenvalue weighted by molar-refractivity contribution is 5.88. The summed E-state index contributed by atoms with van der Waals surface area (Å²) in [5.74, 6) is -1.34. The molecule has 0 aromatic rings. The minimum atomic E-state index is -0.819. The zero-order chi connectivity index (χ0) is 12.1. The summed E-state index contributed by atoms with van der Waals surface area (Å²) < 4.78 is 0. The summed E-state index contributed by atoms with van der Waals surface area (Å²) in [5, 5.41) is 8.93. The van der Waals surface area contributed by atoms with Crippen LogP contribution in [-0.4, -0.2) is 35.0 Å². The molecule has 16 heavy (non-hydrogen) atoms. The maximum atomic E-state index is 11.6. The zero-order valence-corrected chi connectivity index (χ0v) is 9.59. The molecule has 4 heteroatoms. The number of hydrogen-bond donors (Lipinski definition) is 1. The SMILES string of the molecule is CC=CC=CC(=O)N1CC(C)C(C(=O)O)C1. The summed E-state index contributed by atoms with van der Waals surface area (Å²) in [6.45, 7) is 4.57. The minimum Gasteiger partial charge on any atom is -0.481 e. The normalized spacial score (nSPS) is 25.8. The molecule has 2 unspecified atom stereocenters. The van der Waals surface area contributed by atoms with Gasteiger partial charge in [0.2, 0.25) is 5.91 Å². The standard InChI is InChI=1S/C12H17NO3/c1-3-4-5-6-11(14)13-7-9(2)10(8-13)12(15)16/h3-6,9-10H,7-8H2,1-2H3,(H,15,16). The number of carboxylic acid groups (broad SMARTS) is 1.